The topological polar surface area (TPSA) is 73.2 Å². The van der Waals surface area contributed by atoms with Crippen molar-refractivity contribution in [2.45, 2.75) is 30.8 Å². The highest BCUT2D eigenvalue weighted by atomic mass is 79.9. The van der Waals surface area contributed by atoms with Crippen LogP contribution in [0.2, 0.25) is 0 Å². The number of rotatable bonds is 6. The molecule has 0 aliphatic rings. The summed E-state index contributed by atoms with van der Waals surface area (Å²) >= 11 is 4.66. The van der Waals surface area contributed by atoms with Crippen molar-refractivity contribution in [1.29, 1.82) is 0 Å². The first-order valence-electron chi connectivity index (χ1n) is 8.74. The van der Waals surface area contributed by atoms with Crippen LogP contribution in [0.15, 0.2) is 56.9 Å². The number of methoxy groups -OCH3 is 1. The van der Waals surface area contributed by atoms with E-state index < -0.39 is 5.25 Å². The van der Waals surface area contributed by atoms with Gasteiger partial charge in [-0.05, 0) is 56.3 Å². The lowest BCUT2D eigenvalue weighted by atomic mass is 10.2. The van der Waals surface area contributed by atoms with Gasteiger partial charge in [-0.3, -0.25) is 14.2 Å². The molecule has 8 heteroatoms. The molecule has 3 aromatic rings. The molecule has 28 heavy (non-hydrogen) atoms. The van der Waals surface area contributed by atoms with Crippen molar-refractivity contribution in [3.05, 3.63) is 57.3 Å². The largest absolute Gasteiger partial charge is 0.497 e. The standard InChI is InChI=1S/C20H20BrN3O3S/c1-4-24-19(26)16-11-13(21)5-10-17(16)23-20(24)28-12(2)18(25)22-14-6-8-15(27-3)9-7-14/h5-12H,4H2,1-3H3,(H,22,25). The van der Waals surface area contributed by atoms with Crippen LogP contribution in [0.3, 0.4) is 0 Å². The zero-order valence-electron chi connectivity index (χ0n) is 15.7. The van der Waals surface area contributed by atoms with Crippen LogP contribution in [0.5, 0.6) is 5.75 Å². The molecule has 3 rings (SSSR count). The normalized spacial score (nSPS) is 12.0. The number of anilines is 1. The lowest BCUT2D eigenvalue weighted by Gasteiger charge is -2.15. The highest BCUT2D eigenvalue weighted by Gasteiger charge is 2.19. The van der Waals surface area contributed by atoms with Crippen LogP contribution in [0, 0.1) is 0 Å². The number of nitrogens with one attached hydrogen (secondary N) is 1. The van der Waals surface area contributed by atoms with E-state index in [1.165, 1.54) is 11.8 Å². The van der Waals surface area contributed by atoms with Crippen molar-refractivity contribution in [3.8, 4) is 5.75 Å². The van der Waals surface area contributed by atoms with Gasteiger partial charge in [-0.15, -0.1) is 0 Å². The molecule has 0 bridgehead atoms. The predicted octanol–water partition coefficient (Wildman–Crippen LogP) is 4.31. The van der Waals surface area contributed by atoms with Crippen molar-refractivity contribution in [2.24, 2.45) is 0 Å². The van der Waals surface area contributed by atoms with E-state index in [0.717, 1.165) is 10.2 Å². The first-order chi connectivity index (χ1) is 13.4. The summed E-state index contributed by atoms with van der Waals surface area (Å²) in [5, 5.41) is 3.52. The monoisotopic (exact) mass is 461 g/mol. The molecule has 6 nitrogen and oxygen atoms in total. The summed E-state index contributed by atoms with van der Waals surface area (Å²) < 4.78 is 7.54. The molecule has 1 N–H and O–H groups in total. The van der Waals surface area contributed by atoms with Gasteiger partial charge in [0.25, 0.3) is 5.56 Å². The third kappa shape index (κ3) is 4.39. The number of fused-ring (bicyclic) bond motifs is 1. The van der Waals surface area contributed by atoms with Crippen LogP contribution in [0.25, 0.3) is 10.9 Å². The van der Waals surface area contributed by atoms with Crippen LogP contribution >= 0.6 is 27.7 Å². The SMILES string of the molecule is CCn1c(SC(C)C(=O)Nc2ccc(OC)cc2)nc2ccc(Br)cc2c1=O. The van der Waals surface area contributed by atoms with E-state index >= 15 is 0 Å². The second-order valence-corrected chi connectivity index (χ2v) is 8.31. The molecule has 1 atom stereocenters. The fourth-order valence-electron chi connectivity index (χ4n) is 2.67. The second-order valence-electron chi connectivity index (χ2n) is 6.08. The Kier molecular flexibility index (Phi) is 6.41. The fraction of sp³-hybridized carbons (Fsp3) is 0.250. The molecule has 1 aromatic heterocycles. The average Bonchev–Trinajstić information content (AvgIpc) is 2.69. The summed E-state index contributed by atoms with van der Waals surface area (Å²) in [6.45, 7) is 4.16. The minimum Gasteiger partial charge on any atom is -0.497 e. The molecule has 2 aromatic carbocycles. The van der Waals surface area contributed by atoms with Gasteiger partial charge < -0.3 is 10.1 Å². The van der Waals surface area contributed by atoms with Crippen LogP contribution in [0.1, 0.15) is 13.8 Å². The summed E-state index contributed by atoms with van der Waals surface area (Å²) in [7, 11) is 1.59. The first kappa shape index (κ1) is 20.4. The zero-order valence-corrected chi connectivity index (χ0v) is 18.1. The Balaban J connectivity index is 1.83. The van der Waals surface area contributed by atoms with Gasteiger partial charge in [-0.2, -0.15) is 0 Å². The molecular weight excluding hydrogens is 442 g/mol. The average molecular weight is 462 g/mol. The Morgan fingerprint density at radius 2 is 2.00 bits per heavy atom. The number of hydrogen-bond donors (Lipinski definition) is 1. The number of carbonyl (C=O) groups excluding carboxylic acids is 1. The van der Waals surface area contributed by atoms with Crippen molar-refractivity contribution < 1.29 is 9.53 Å². The van der Waals surface area contributed by atoms with Crippen LogP contribution in [-0.2, 0) is 11.3 Å². The Morgan fingerprint density at radius 1 is 1.29 bits per heavy atom. The molecule has 0 aliphatic carbocycles. The van der Waals surface area contributed by atoms with E-state index in [1.54, 1.807) is 55.0 Å². The van der Waals surface area contributed by atoms with Crippen molar-refractivity contribution in [3.63, 3.8) is 0 Å². The number of thioether (sulfide) groups is 1. The number of hydrogen-bond acceptors (Lipinski definition) is 5. The molecule has 0 spiro atoms. The molecule has 0 radical (unpaired) electrons. The maximum atomic E-state index is 12.8. The van der Waals surface area contributed by atoms with E-state index in [4.69, 9.17) is 4.74 Å². The summed E-state index contributed by atoms with van der Waals surface area (Å²) in [5.41, 5.74) is 1.18. The maximum Gasteiger partial charge on any atom is 0.262 e. The second kappa shape index (κ2) is 8.79. The number of aromatic nitrogens is 2. The van der Waals surface area contributed by atoms with Gasteiger partial charge in [-0.25, -0.2) is 4.98 Å². The summed E-state index contributed by atoms with van der Waals surface area (Å²) in [6, 6.07) is 12.5. The maximum absolute atomic E-state index is 12.8. The van der Waals surface area contributed by atoms with Gasteiger partial charge in [0.1, 0.15) is 5.75 Å². The number of ether oxygens (including phenoxy) is 1. The quantitative estimate of drug-likeness (QED) is 0.437. The fourth-order valence-corrected chi connectivity index (χ4v) is 4.01. The van der Waals surface area contributed by atoms with Crippen LogP contribution in [0.4, 0.5) is 5.69 Å². The molecular formula is C20H20BrN3O3S. The number of halogens is 1. The molecule has 0 saturated heterocycles. The Morgan fingerprint density at radius 3 is 2.64 bits per heavy atom. The predicted molar refractivity (Wildman–Crippen MR) is 116 cm³/mol. The van der Waals surface area contributed by atoms with Gasteiger partial charge in [0.05, 0.1) is 23.3 Å². The third-order valence-corrected chi connectivity index (χ3v) is 5.79. The van der Waals surface area contributed by atoms with Gasteiger partial charge in [0.15, 0.2) is 5.16 Å². The van der Waals surface area contributed by atoms with E-state index in [1.807, 2.05) is 13.0 Å². The molecule has 1 amide bonds. The summed E-state index contributed by atoms with van der Waals surface area (Å²) in [4.78, 5) is 30.0. The number of nitrogens with zero attached hydrogens (tertiary/aromatic N) is 2. The summed E-state index contributed by atoms with van der Waals surface area (Å²) in [6.07, 6.45) is 0. The number of carbonyl (C=O) groups is 1. The first-order valence-corrected chi connectivity index (χ1v) is 10.4. The van der Waals surface area contributed by atoms with E-state index in [-0.39, 0.29) is 11.5 Å². The summed E-state index contributed by atoms with van der Waals surface area (Å²) in [5.74, 6) is 0.558. The van der Waals surface area contributed by atoms with Crippen molar-refractivity contribution in [2.75, 3.05) is 12.4 Å². The Labute approximate surface area is 175 Å². The van der Waals surface area contributed by atoms with Crippen LogP contribution < -0.4 is 15.6 Å². The molecule has 146 valence electrons. The minimum atomic E-state index is -0.431. The van der Waals surface area contributed by atoms with Gasteiger partial charge >= 0.3 is 0 Å². The van der Waals surface area contributed by atoms with E-state index in [9.17, 15) is 9.59 Å². The lowest BCUT2D eigenvalue weighted by Crippen LogP contribution is -2.26. The van der Waals surface area contributed by atoms with Crippen LogP contribution in [-0.4, -0.2) is 27.8 Å². The molecule has 0 saturated carbocycles. The number of amides is 1. The smallest absolute Gasteiger partial charge is 0.262 e. The van der Waals surface area contributed by atoms with Gasteiger partial charge in [0.2, 0.25) is 5.91 Å². The highest BCUT2D eigenvalue weighted by molar-refractivity contribution is 9.10. The van der Waals surface area contributed by atoms with Gasteiger partial charge in [0, 0.05) is 16.7 Å². The zero-order chi connectivity index (χ0) is 20.3. The highest BCUT2D eigenvalue weighted by Crippen LogP contribution is 2.25. The molecule has 0 fully saturated rings. The molecule has 1 heterocycles. The number of benzene rings is 2. The van der Waals surface area contributed by atoms with Crippen molar-refractivity contribution in [1.82, 2.24) is 9.55 Å². The molecule has 0 aliphatic heterocycles. The van der Waals surface area contributed by atoms with E-state index in [0.29, 0.717) is 28.3 Å². The minimum absolute atomic E-state index is 0.112. The van der Waals surface area contributed by atoms with Gasteiger partial charge in [-0.1, -0.05) is 27.7 Å². The third-order valence-electron chi connectivity index (χ3n) is 4.21. The van der Waals surface area contributed by atoms with Crippen molar-refractivity contribution >= 4 is 50.2 Å². The van der Waals surface area contributed by atoms with E-state index in [2.05, 4.69) is 26.2 Å². The lowest BCUT2D eigenvalue weighted by molar-refractivity contribution is -0.115. The molecule has 1 unspecified atom stereocenters. The Bertz CT molecular complexity index is 1070. The Hall–Kier alpha value is -2.32.